The fourth-order valence-corrected chi connectivity index (χ4v) is 1.87. The van der Waals surface area contributed by atoms with E-state index in [1.54, 1.807) is 12.4 Å². The van der Waals surface area contributed by atoms with Crippen molar-refractivity contribution in [3.05, 3.63) is 36.3 Å². The molecule has 1 saturated carbocycles. The number of hydrogen-bond donors (Lipinski definition) is 0. The van der Waals surface area contributed by atoms with Crippen LogP contribution in [0.15, 0.2) is 30.6 Å². The summed E-state index contributed by atoms with van der Waals surface area (Å²) in [5.74, 6) is 0.704. The van der Waals surface area contributed by atoms with Crippen LogP contribution in [0, 0.1) is 5.92 Å². The lowest BCUT2D eigenvalue weighted by molar-refractivity contribution is 0.111. The van der Waals surface area contributed by atoms with Crippen LogP contribution in [0.3, 0.4) is 0 Å². The minimum atomic E-state index is 0.649. The van der Waals surface area contributed by atoms with E-state index < -0.39 is 0 Å². The minimum Gasteiger partial charge on any atom is -0.296 e. The average molecular weight is 227 g/mol. The Morgan fingerprint density at radius 1 is 1.47 bits per heavy atom. The van der Waals surface area contributed by atoms with Gasteiger partial charge < -0.3 is 0 Å². The van der Waals surface area contributed by atoms with Crippen LogP contribution >= 0.6 is 0 Å². The van der Waals surface area contributed by atoms with E-state index in [0.29, 0.717) is 11.6 Å². The smallest absolute Gasteiger partial charge is 0.168 e. The maximum absolute atomic E-state index is 11.0. The van der Waals surface area contributed by atoms with E-state index in [-0.39, 0.29) is 0 Å². The summed E-state index contributed by atoms with van der Waals surface area (Å²) < 4.78 is 1.81. The van der Waals surface area contributed by atoms with Crippen molar-refractivity contribution in [2.45, 2.75) is 19.4 Å². The lowest BCUT2D eigenvalue weighted by Crippen LogP contribution is -2.05. The summed E-state index contributed by atoms with van der Waals surface area (Å²) in [5.41, 5.74) is 2.42. The quantitative estimate of drug-likeness (QED) is 0.752. The van der Waals surface area contributed by atoms with Crippen LogP contribution in [0.4, 0.5) is 0 Å². The summed E-state index contributed by atoms with van der Waals surface area (Å²) in [5, 5.41) is 4.48. The molecule has 2 aromatic heterocycles. The molecular weight excluding hydrogens is 214 g/mol. The molecule has 0 aliphatic heterocycles. The highest BCUT2D eigenvalue weighted by Gasteiger charge is 2.23. The molecule has 0 saturated heterocycles. The van der Waals surface area contributed by atoms with Gasteiger partial charge in [-0.05, 0) is 37.0 Å². The normalized spacial score (nSPS) is 14.8. The van der Waals surface area contributed by atoms with Crippen molar-refractivity contribution < 1.29 is 4.79 Å². The predicted molar refractivity (Wildman–Crippen MR) is 63.6 cm³/mol. The van der Waals surface area contributed by atoms with Crippen LogP contribution in [0.2, 0.25) is 0 Å². The van der Waals surface area contributed by atoms with Crippen molar-refractivity contribution in [3.63, 3.8) is 0 Å². The highest BCUT2D eigenvalue weighted by Crippen LogP contribution is 2.31. The zero-order chi connectivity index (χ0) is 11.7. The SMILES string of the molecule is O=Cc1cc(-c2cccnc2)nn1CC1CC1. The van der Waals surface area contributed by atoms with Crippen molar-refractivity contribution >= 4 is 6.29 Å². The molecule has 0 spiro atoms. The maximum Gasteiger partial charge on any atom is 0.168 e. The first kappa shape index (κ1) is 10.2. The number of carbonyl (C=O) groups is 1. The molecule has 4 heteroatoms. The van der Waals surface area contributed by atoms with Gasteiger partial charge in [0.1, 0.15) is 5.69 Å². The van der Waals surface area contributed by atoms with Gasteiger partial charge in [0.05, 0.1) is 5.69 Å². The van der Waals surface area contributed by atoms with Gasteiger partial charge in [-0.2, -0.15) is 5.10 Å². The fraction of sp³-hybridized carbons (Fsp3) is 0.308. The molecule has 0 aromatic carbocycles. The molecule has 1 fully saturated rings. The number of carbonyl (C=O) groups excluding carboxylic acids is 1. The van der Waals surface area contributed by atoms with E-state index >= 15 is 0 Å². The Morgan fingerprint density at radius 3 is 3.00 bits per heavy atom. The maximum atomic E-state index is 11.0. The molecule has 0 unspecified atom stereocenters. The van der Waals surface area contributed by atoms with E-state index in [9.17, 15) is 4.79 Å². The Bertz CT molecular complexity index is 529. The first-order valence-corrected chi connectivity index (χ1v) is 5.80. The third kappa shape index (κ3) is 2.11. The molecule has 1 aliphatic rings. The van der Waals surface area contributed by atoms with Gasteiger partial charge in [0.15, 0.2) is 6.29 Å². The highest BCUT2D eigenvalue weighted by atomic mass is 16.1. The number of nitrogens with zero attached hydrogens (tertiary/aromatic N) is 3. The second-order valence-corrected chi connectivity index (χ2v) is 4.44. The summed E-state index contributed by atoms with van der Waals surface area (Å²) in [7, 11) is 0. The third-order valence-electron chi connectivity index (χ3n) is 3.02. The predicted octanol–water partition coefficient (Wildman–Crippen LogP) is 2.17. The standard InChI is InChI=1S/C13H13N3O/c17-9-12-6-13(11-2-1-5-14-7-11)15-16(12)8-10-3-4-10/h1-2,5-7,9-10H,3-4,8H2. The summed E-state index contributed by atoms with van der Waals surface area (Å²) in [6.45, 7) is 0.855. The molecule has 0 amide bonds. The largest absolute Gasteiger partial charge is 0.296 e. The van der Waals surface area contributed by atoms with E-state index in [0.717, 1.165) is 24.1 Å². The molecule has 2 heterocycles. The fourth-order valence-electron chi connectivity index (χ4n) is 1.87. The molecule has 17 heavy (non-hydrogen) atoms. The van der Waals surface area contributed by atoms with Gasteiger partial charge in [-0.1, -0.05) is 0 Å². The minimum absolute atomic E-state index is 0.649. The molecule has 0 atom stereocenters. The zero-order valence-electron chi connectivity index (χ0n) is 9.41. The average Bonchev–Trinajstić information content (AvgIpc) is 3.09. The summed E-state index contributed by atoms with van der Waals surface area (Å²) in [6.07, 6.45) is 6.86. The summed E-state index contributed by atoms with van der Waals surface area (Å²) in [4.78, 5) is 15.1. The van der Waals surface area contributed by atoms with Crippen LogP contribution in [-0.4, -0.2) is 21.1 Å². The molecule has 0 N–H and O–H groups in total. The number of aromatic nitrogens is 3. The number of pyridine rings is 1. The van der Waals surface area contributed by atoms with Crippen LogP contribution in [0.1, 0.15) is 23.3 Å². The second-order valence-electron chi connectivity index (χ2n) is 4.44. The molecule has 0 radical (unpaired) electrons. The topological polar surface area (TPSA) is 47.8 Å². The van der Waals surface area contributed by atoms with Crippen LogP contribution in [0.5, 0.6) is 0 Å². The van der Waals surface area contributed by atoms with Gasteiger partial charge in [0, 0.05) is 24.5 Å². The van der Waals surface area contributed by atoms with Crippen LogP contribution in [0.25, 0.3) is 11.3 Å². The van der Waals surface area contributed by atoms with Crippen molar-refractivity contribution in [3.8, 4) is 11.3 Å². The van der Waals surface area contributed by atoms with Gasteiger partial charge in [-0.25, -0.2) is 0 Å². The van der Waals surface area contributed by atoms with Gasteiger partial charge >= 0.3 is 0 Å². The van der Waals surface area contributed by atoms with E-state index in [4.69, 9.17) is 0 Å². The molecule has 1 aliphatic carbocycles. The molecule has 86 valence electrons. The molecule has 0 bridgehead atoms. The van der Waals surface area contributed by atoms with Gasteiger partial charge in [-0.15, -0.1) is 0 Å². The monoisotopic (exact) mass is 227 g/mol. The van der Waals surface area contributed by atoms with Gasteiger partial charge in [0.25, 0.3) is 0 Å². The summed E-state index contributed by atoms with van der Waals surface area (Å²) in [6, 6.07) is 5.65. The first-order valence-electron chi connectivity index (χ1n) is 5.80. The Hall–Kier alpha value is -1.97. The molecular formula is C13H13N3O. The number of aldehydes is 1. The Labute approximate surface area is 99.3 Å². The van der Waals surface area contributed by atoms with Crippen molar-refractivity contribution in [1.29, 1.82) is 0 Å². The van der Waals surface area contributed by atoms with Gasteiger partial charge in [-0.3, -0.25) is 14.5 Å². The Morgan fingerprint density at radius 2 is 2.35 bits per heavy atom. The zero-order valence-corrected chi connectivity index (χ0v) is 9.41. The number of hydrogen-bond acceptors (Lipinski definition) is 3. The van der Waals surface area contributed by atoms with Crippen molar-refractivity contribution in [1.82, 2.24) is 14.8 Å². The van der Waals surface area contributed by atoms with Crippen LogP contribution < -0.4 is 0 Å². The molecule has 2 aromatic rings. The lowest BCUT2D eigenvalue weighted by Gasteiger charge is -2.00. The Balaban J connectivity index is 1.95. The van der Waals surface area contributed by atoms with Crippen LogP contribution in [-0.2, 0) is 6.54 Å². The van der Waals surface area contributed by atoms with E-state index in [2.05, 4.69) is 10.1 Å². The highest BCUT2D eigenvalue weighted by molar-refractivity contribution is 5.75. The first-order chi connectivity index (χ1) is 8.36. The number of rotatable bonds is 4. The van der Waals surface area contributed by atoms with Gasteiger partial charge in [0.2, 0.25) is 0 Å². The third-order valence-corrected chi connectivity index (χ3v) is 3.02. The summed E-state index contributed by atoms with van der Waals surface area (Å²) >= 11 is 0. The molecule has 4 nitrogen and oxygen atoms in total. The van der Waals surface area contributed by atoms with Crippen molar-refractivity contribution in [2.24, 2.45) is 5.92 Å². The van der Waals surface area contributed by atoms with Crippen molar-refractivity contribution in [2.75, 3.05) is 0 Å². The van der Waals surface area contributed by atoms with E-state index in [1.807, 2.05) is 22.9 Å². The van der Waals surface area contributed by atoms with E-state index in [1.165, 1.54) is 12.8 Å². The lowest BCUT2D eigenvalue weighted by atomic mass is 10.2. The molecule has 3 rings (SSSR count). The Kier molecular flexibility index (Phi) is 2.48. The second kappa shape index (κ2) is 4.13.